The Balaban J connectivity index is 1.71. The molecule has 0 saturated heterocycles. The maximum absolute atomic E-state index is 12.4. The molecule has 6 nitrogen and oxygen atoms in total. The van der Waals surface area contributed by atoms with Crippen LogP contribution in [0.2, 0.25) is 10.0 Å². The molecule has 0 bridgehead atoms. The van der Waals surface area contributed by atoms with Crippen LogP contribution in [0.4, 0.5) is 5.69 Å². The van der Waals surface area contributed by atoms with Crippen LogP contribution in [0.25, 0.3) is 11.4 Å². The van der Waals surface area contributed by atoms with Crippen LogP contribution in [0.5, 0.6) is 5.75 Å². The zero-order valence-corrected chi connectivity index (χ0v) is 18.6. The highest BCUT2D eigenvalue weighted by atomic mass is 35.5. The Bertz CT molecular complexity index is 1040. The van der Waals surface area contributed by atoms with Gasteiger partial charge >= 0.3 is 0 Å². The average Bonchev–Trinajstić information content (AvgIpc) is 3.12. The summed E-state index contributed by atoms with van der Waals surface area (Å²) in [6, 6.07) is 12.5. The second-order valence-electron chi connectivity index (χ2n) is 6.12. The summed E-state index contributed by atoms with van der Waals surface area (Å²) in [6.07, 6.45) is 1.76. The molecule has 0 unspecified atom stereocenters. The molecule has 156 valence electrons. The van der Waals surface area contributed by atoms with Gasteiger partial charge in [0.25, 0.3) is 0 Å². The highest BCUT2D eigenvalue weighted by molar-refractivity contribution is 7.99. The first-order chi connectivity index (χ1) is 14.5. The molecule has 0 saturated carbocycles. The van der Waals surface area contributed by atoms with Gasteiger partial charge in [-0.3, -0.25) is 9.36 Å². The Labute approximate surface area is 189 Å². The number of amides is 1. The number of halogens is 2. The molecule has 1 amide bonds. The number of hydrogen-bond acceptors (Lipinski definition) is 5. The highest BCUT2D eigenvalue weighted by Crippen LogP contribution is 2.28. The zero-order valence-electron chi connectivity index (χ0n) is 16.3. The van der Waals surface area contributed by atoms with Crippen LogP contribution in [0.15, 0.2) is 60.3 Å². The van der Waals surface area contributed by atoms with Crippen molar-refractivity contribution in [3.8, 4) is 17.1 Å². The van der Waals surface area contributed by atoms with E-state index >= 15 is 0 Å². The summed E-state index contributed by atoms with van der Waals surface area (Å²) >= 11 is 13.3. The molecule has 0 atom stereocenters. The molecule has 0 aliphatic rings. The lowest BCUT2D eigenvalue weighted by Crippen LogP contribution is -2.15. The van der Waals surface area contributed by atoms with Crippen molar-refractivity contribution in [2.75, 3.05) is 17.7 Å². The molecule has 2 aromatic carbocycles. The largest absolute Gasteiger partial charge is 0.494 e. The van der Waals surface area contributed by atoms with E-state index < -0.39 is 0 Å². The molecule has 30 heavy (non-hydrogen) atoms. The molecule has 1 N–H and O–H groups in total. The molecular weight excluding hydrogens is 443 g/mol. The van der Waals surface area contributed by atoms with Gasteiger partial charge in [-0.1, -0.05) is 41.0 Å². The van der Waals surface area contributed by atoms with E-state index in [1.165, 1.54) is 11.8 Å². The van der Waals surface area contributed by atoms with Crippen molar-refractivity contribution in [3.63, 3.8) is 0 Å². The summed E-state index contributed by atoms with van der Waals surface area (Å²) < 4.78 is 7.40. The van der Waals surface area contributed by atoms with E-state index in [-0.39, 0.29) is 11.7 Å². The number of benzene rings is 2. The molecule has 1 heterocycles. The lowest BCUT2D eigenvalue weighted by Gasteiger charge is -2.09. The average molecular weight is 463 g/mol. The third-order valence-electron chi connectivity index (χ3n) is 3.99. The maximum atomic E-state index is 12.4. The van der Waals surface area contributed by atoms with Gasteiger partial charge in [-0.15, -0.1) is 16.8 Å². The minimum absolute atomic E-state index is 0.150. The van der Waals surface area contributed by atoms with Crippen LogP contribution in [-0.2, 0) is 11.3 Å². The van der Waals surface area contributed by atoms with Gasteiger partial charge in [0.05, 0.1) is 23.1 Å². The van der Waals surface area contributed by atoms with Crippen LogP contribution < -0.4 is 10.1 Å². The number of anilines is 1. The fourth-order valence-electron chi connectivity index (χ4n) is 2.68. The number of ether oxygens (including phenoxy) is 1. The highest BCUT2D eigenvalue weighted by Gasteiger charge is 2.15. The van der Waals surface area contributed by atoms with Crippen LogP contribution >= 0.6 is 35.0 Å². The predicted molar refractivity (Wildman–Crippen MR) is 123 cm³/mol. The van der Waals surface area contributed by atoms with Gasteiger partial charge in [0, 0.05) is 17.1 Å². The fourth-order valence-corrected chi connectivity index (χ4v) is 3.88. The molecule has 0 radical (unpaired) electrons. The molecular formula is C21H20Cl2N4O2S. The van der Waals surface area contributed by atoms with Crippen LogP contribution in [-0.4, -0.2) is 33.0 Å². The van der Waals surface area contributed by atoms with E-state index in [2.05, 4.69) is 22.1 Å². The lowest BCUT2D eigenvalue weighted by molar-refractivity contribution is -0.113. The van der Waals surface area contributed by atoms with E-state index in [1.54, 1.807) is 24.3 Å². The Morgan fingerprint density at radius 3 is 2.67 bits per heavy atom. The number of nitrogens with zero attached hydrogens (tertiary/aromatic N) is 3. The van der Waals surface area contributed by atoms with Gasteiger partial charge in [-0.2, -0.15) is 0 Å². The van der Waals surface area contributed by atoms with E-state index in [1.807, 2.05) is 35.8 Å². The first-order valence-corrected chi connectivity index (χ1v) is 10.9. The minimum Gasteiger partial charge on any atom is -0.494 e. The van der Waals surface area contributed by atoms with Crippen molar-refractivity contribution in [1.82, 2.24) is 14.8 Å². The number of nitrogens with one attached hydrogen (secondary N) is 1. The molecule has 0 spiro atoms. The van der Waals surface area contributed by atoms with Crippen molar-refractivity contribution in [2.24, 2.45) is 0 Å². The molecule has 3 aromatic rings. The van der Waals surface area contributed by atoms with Crippen molar-refractivity contribution in [3.05, 3.63) is 65.2 Å². The van der Waals surface area contributed by atoms with Crippen LogP contribution in [0, 0.1) is 0 Å². The molecule has 0 fully saturated rings. The molecule has 1 aromatic heterocycles. The number of aromatic nitrogens is 3. The van der Waals surface area contributed by atoms with Crippen molar-refractivity contribution < 1.29 is 9.53 Å². The second kappa shape index (κ2) is 10.5. The van der Waals surface area contributed by atoms with Gasteiger partial charge in [-0.05, 0) is 49.4 Å². The Hall–Kier alpha value is -2.48. The number of rotatable bonds is 9. The SMILES string of the molecule is C=CCn1c(SCC(=O)Nc2ccc(Cl)cc2Cl)nnc1-c1ccc(OCC)cc1. The van der Waals surface area contributed by atoms with Crippen LogP contribution in [0.3, 0.4) is 0 Å². The van der Waals surface area contributed by atoms with Gasteiger partial charge in [-0.25, -0.2) is 0 Å². The van der Waals surface area contributed by atoms with E-state index in [0.29, 0.717) is 39.9 Å². The summed E-state index contributed by atoms with van der Waals surface area (Å²) in [5.41, 5.74) is 1.41. The number of thioether (sulfide) groups is 1. The normalized spacial score (nSPS) is 10.6. The van der Waals surface area contributed by atoms with Crippen molar-refractivity contribution in [1.29, 1.82) is 0 Å². The third kappa shape index (κ3) is 5.56. The number of carbonyl (C=O) groups excluding carboxylic acids is 1. The summed E-state index contributed by atoms with van der Waals surface area (Å²) in [7, 11) is 0. The Kier molecular flexibility index (Phi) is 7.79. The topological polar surface area (TPSA) is 69.0 Å². The van der Waals surface area contributed by atoms with Gasteiger partial charge < -0.3 is 10.1 Å². The lowest BCUT2D eigenvalue weighted by atomic mass is 10.2. The van der Waals surface area contributed by atoms with E-state index in [0.717, 1.165) is 11.3 Å². The molecule has 0 aliphatic heterocycles. The van der Waals surface area contributed by atoms with Gasteiger partial charge in [0.15, 0.2) is 11.0 Å². The summed E-state index contributed by atoms with van der Waals surface area (Å²) in [5, 5.41) is 12.8. The Morgan fingerprint density at radius 2 is 2.00 bits per heavy atom. The molecule has 3 rings (SSSR count). The monoisotopic (exact) mass is 462 g/mol. The summed E-state index contributed by atoms with van der Waals surface area (Å²) in [6.45, 7) is 6.87. The maximum Gasteiger partial charge on any atom is 0.234 e. The number of allylic oxidation sites excluding steroid dienone is 1. The summed E-state index contributed by atoms with van der Waals surface area (Å²) in [5.74, 6) is 1.43. The van der Waals surface area contributed by atoms with Gasteiger partial charge in [0.2, 0.25) is 5.91 Å². The Morgan fingerprint density at radius 1 is 1.23 bits per heavy atom. The smallest absolute Gasteiger partial charge is 0.234 e. The molecule has 9 heteroatoms. The van der Waals surface area contributed by atoms with Crippen LogP contribution in [0.1, 0.15) is 6.92 Å². The first kappa shape index (κ1) is 22.2. The molecule has 0 aliphatic carbocycles. The van der Waals surface area contributed by atoms with Gasteiger partial charge in [0.1, 0.15) is 5.75 Å². The van der Waals surface area contributed by atoms with E-state index in [9.17, 15) is 4.79 Å². The zero-order chi connectivity index (χ0) is 21.5. The third-order valence-corrected chi connectivity index (χ3v) is 5.50. The first-order valence-electron chi connectivity index (χ1n) is 9.16. The van der Waals surface area contributed by atoms with E-state index in [4.69, 9.17) is 27.9 Å². The minimum atomic E-state index is -0.208. The quantitative estimate of drug-likeness (QED) is 0.332. The number of carbonyl (C=O) groups is 1. The predicted octanol–water partition coefficient (Wildman–Crippen LogP) is 5.57. The standard InChI is InChI=1S/C21H20Cl2N4O2S/c1-3-11-27-20(14-5-8-16(9-6-14)29-4-2)25-26-21(27)30-13-19(28)24-18-10-7-15(22)12-17(18)23/h3,5-10,12H,1,4,11,13H2,2H3,(H,24,28). The fraction of sp³-hybridized carbons (Fsp3) is 0.190. The summed E-state index contributed by atoms with van der Waals surface area (Å²) in [4.78, 5) is 12.4. The number of hydrogen-bond donors (Lipinski definition) is 1. The van der Waals surface area contributed by atoms with Crippen molar-refractivity contribution in [2.45, 2.75) is 18.6 Å². The second-order valence-corrected chi connectivity index (χ2v) is 7.91. The van der Waals surface area contributed by atoms with Crippen molar-refractivity contribution >= 4 is 46.6 Å².